The molecule has 8 nitrogen and oxygen atoms in total. The summed E-state index contributed by atoms with van der Waals surface area (Å²) in [5.74, 6) is -5.51. The van der Waals surface area contributed by atoms with E-state index in [-0.39, 0.29) is 0 Å². The molecule has 0 aromatic carbocycles. The predicted molar refractivity (Wildman–Crippen MR) is 124 cm³/mol. The summed E-state index contributed by atoms with van der Waals surface area (Å²) in [7, 11) is 2.15. The first-order valence-corrected chi connectivity index (χ1v) is 11.7. The molecule has 0 saturated carbocycles. The molecule has 2 aliphatic rings. The number of pyridine rings is 1. The van der Waals surface area contributed by atoms with E-state index >= 15 is 0 Å². The van der Waals surface area contributed by atoms with E-state index in [1.54, 1.807) is 0 Å². The first-order valence-electron chi connectivity index (χ1n) is 11.7. The third-order valence-corrected chi connectivity index (χ3v) is 6.29. The number of nitrogens with zero attached hydrogens (tertiary/aromatic N) is 4. The van der Waals surface area contributed by atoms with E-state index in [0.29, 0.717) is 5.41 Å². The lowest BCUT2D eigenvalue weighted by molar-refractivity contribution is -0.193. The monoisotopic (exact) mass is 552 g/mol. The summed E-state index contributed by atoms with van der Waals surface area (Å²) in [6, 6.07) is 10.6. The second kappa shape index (κ2) is 13.1. The summed E-state index contributed by atoms with van der Waals surface area (Å²) in [6.45, 7) is 7.02. The van der Waals surface area contributed by atoms with Crippen LogP contribution in [0.25, 0.3) is 0 Å². The van der Waals surface area contributed by atoms with Crippen molar-refractivity contribution in [3.63, 3.8) is 0 Å². The highest BCUT2D eigenvalue weighted by molar-refractivity contribution is 5.73. The first-order chi connectivity index (χ1) is 17.6. The van der Waals surface area contributed by atoms with Crippen LogP contribution in [0, 0.1) is 5.41 Å². The second-order valence-corrected chi connectivity index (χ2v) is 9.31. The van der Waals surface area contributed by atoms with Gasteiger partial charge in [0.2, 0.25) is 0 Å². The minimum atomic E-state index is -5.08. The number of hydrogen-bond donors (Lipinski definition) is 2. The van der Waals surface area contributed by atoms with E-state index in [2.05, 4.69) is 56.9 Å². The third kappa shape index (κ3) is 9.97. The maximum absolute atomic E-state index is 10.6. The lowest BCUT2D eigenvalue weighted by atomic mass is 9.79. The largest absolute Gasteiger partial charge is 0.490 e. The molecule has 1 unspecified atom stereocenters. The highest BCUT2D eigenvalue weighted by Gasteiger charge is 2.41. The molecular weight excluding hydrogens is 522 g/mol. The van der Waals surface area contributed by atoms with Gasteiger partial charge in [-0.3, -0.25) is 14.8 Å². The first kappa shape index (κ1) is 31.1. The van der Waals surface area contributed by atoms with Gasteiger partial charge in [-0.05, 0) is 62.0 Å². The van der Waals surface area contributed by atoms with E-state index in [9.17, 15) is 26.3 Å². The molecule has 4 rings (SSSR count). The summed E-state index contributed by atoms with van der Waals surface area (Å²) in [6.07, 6.45) is -2.06. The Kier molecular flexibility index (Phi) is 10.7. The third-order valence-electron chi connectivity index (χ3n) is 6.29. The highest BCUT2D eigenvalue weighted by Crippen LogP contribution is 2.39. The molecule has 0 aliphatic carbocycles. The van der Waals surface area contributed by atoms with Gasteiger partial charge in [-0.15, -0.1) is 0 Å². The Hall–Kier alpha value is -3.13. The van der Waals surface area contributed by atoms with Crippen molar-refractivity contribution >= 4 is 11.9 Å². The molecule has 2 fully saturated rings. The van der Waals surface area contributed by atoms with Gasteiger partial charge in [0.05, 0.1) is 5.69 Å². The quantitative estimate of drug-likeness (QED) is 0.550. The molecule has 0 amide bonds. The van der Waals surface area contributed by atoms with Crippen LogP contribution in [0.1, 0.15) is 30.7 Å². The molecule has 2 saturated heterocycles. The Morgan fingerprint density at radius 1 is 0.895 bits per heavy atom. The summed E-state index contributed by atoms with van der Waals surface area (Å²) in [5.41, 5.74) is 3.12. The van der Waals surface area contributed by atoms with Gasteiger partial charge >= 0.3 is 24.3 Å². The lowest BCUT2D eigenvalue weighted by Crippen LogP contribution is -2.44. The Labute approximate surface area is 215 Å². The van der Waals surface area contributed by atoms with E-state index in [1.165, 1.54) is 56.8 Å². The van der Waals surface area contributed by atoms with Gasteiger partial charge in [0.15, 0.2) is 0 Å². The minimum absolute atomic E-state index is 0.498. The number of alkyl halides is 6. The fourth-order valence-corrected chi connectivity index (χ4v) is 4.55. The van der Waals surface area contributed by atoms with Gasteiger partial charge in [0.25, 0.3) is 0 Å². The van der Waals surface area contributed by atoms with Gasteiger partial charge in [-0.1, -0.05) is 6.07 Å². The number of rotatable bonds is 4. The summed E-state index contributed by atoms with van der Waals surface area (Å²) >= 11 is 0. The number of hydrogen-bond acceptors (Lipinski definition) is 5. The van der Waals surface area contributed by atoms with Crippen molar-refractivity contribution < 1.29 is 46.1 Å². The maximum Gasteiger partial charge on any atom is 0.490 e. The molecule has 1 spiro atoms. The van der Waals surface area contributed by atoms with E-state index in [0.717, 1.165) is 13.1 Å². The average molecular weight is 553 g/mol. The number of aromatic nitrogens is 2. The van der Waals surface area contributed by atoms with Crippen LogP contribution in [0.4, 0.5) is 26.3 Å². The standard InChI is InChI=1S/C20H28N4.2C2HF3O2/c1-22-11-4-7-19(22)15-24-13-9-20(17-24)8-5-12-23(16-20)14-18-6-2-3-10-21-18;2*3-2(4,5)1(6)7/h2-4,6-7,10-11H,5,8-9,12-17H2,1H3;2*(H,6,7). The number of aliphatic carboxylic acids is 2. The van der Waals surface area contributed by atoms with Gasteiger partial charge < -0.3 is 14.8 Å². The van der Waals surface area contributed by atoms with Crippen molar-refractivity contribution in [3.05, 3.63) is 54.1 Å². The van der Waals surface area contributed by atoms with Gasteiger partial charge in [0, 0.05) is 51.3 Å². The van der Waals surface area contributed by atoms with Crippen molar-refractivity contribution in [2.75, 3.05) is 26.2 Å². The van der Waals surface area contributed by atoms with Crippen molar-refractivity contribution in [1.82, 2.24) is 19.4 Å². The van der Waals surface area contributed by atoms with Crippen LogP contribution >= 0.6 is 0 Å². The second-order valence-electron chi connectivity index (χ2n) is 9.31. The number of piperidine rings is 1. The van der Waals surface area contributed by atoms with E-state index < -0.39 is 24.3 Å². The van der Waals surface area contributed by atoms with Crippen LogP contribution < -0.4 is 0 Å². The molecule has 0 radical (unpaired) electrons. The molecule has 38 heavy (non-hydrogen) atoms. The Morgan fingerprint density at radius 2 is 1.47 bits per heavy atom. The number of aryl methyl sites for hydroxylation is 1. The highest BCUT2D eigenvalue weighted by atomic mass is 19.4. The Morgan fingerprint density at radius 3 is 1.95 bits per heavy atom. The molecule has 14 heteroatoms. The summed E-state index contributed by atoms with van der Waals surface area (Å²) in [5, 5.41) is 14.2. The molecule has 4 heterocycles. The number of likely N-dealkylation sites (tertiary alicyclic amines) is 2. The van der Waals surface area contributed by atoms with Gasteiger partial charge in [-0.2, -0.15) is 26.3 Å². The van der Waals surface area contributed by atoms with Crippen LogP contribution in [0.15, 0.2) is 42.7 Å². The normalized spacial score (nSPS) is 20.3. The zero-order valence-electron chi connectivity index (χ0n) is 20.7. The fraction of sp³-hybridized carbons (Fsp3) is 0.542. The van der Waals surface area contributed by atoms with Crippen molar-refractivity contribution in [3.8, 4) is 0 Å². The predicted octanol–water partition coefficient (Wildman–Crippen LogP) is 4.17. The van der Waals surface area contributed by atoms with Gasteiger partial charge in [-0.25, -0.2) is 9.59 Å². The van der Waals surface area contributed by atoms with Crippen LogP contribution in [0.2, 0.25) is 0 Å². The molecule has 1 atom stereocenters. The topological polar surface area (TPSA) is 98.9 Å². The van der Waals surface area contributed by atoms with Crippen LogP contribution in [0.5, 0.6) is 0 Å². The molecule has 2 aromatic heterocycles. The lowest BCUT2D eigenvalue weighted by Gasteiger charge is -2.40. The molecule has 2 N–H and O–H groups in total. The summed E-state index contributed by atoms with van der Waals surface area (Å²) < 4.78 is 65.7. The minimum Gasteiger partial charge on any atom is -0.475 e. The summed E-state index contributed by atoms with van der Waals surface area (Å²) in [4.78, 5) is 27.6. The van der Waals surface area contributed by atoms with Crippen molar-refractivity contribution in [2.45, 2.75) is 44.7 Å². The van der Waals surface area contributed by atoms with Gasteiger partial charge in [0.1, 0.15) is 0 Å². The van der Waals surface area contributed by atoms with E-state index in [4.69, 9.17) is 19.8 Å². The van der Waals surface area contributed by atoms with Crippen LogP contribution in [0.3, 0.4) is 0 Å². The smallest absolute Gasteiger partial charge is 0.475 e. The van der Waals surface area contributed by atoms with Crippen LogP contribution in [-0.4, -0.2) is 80.0 Å². The SMILES string of the molecule is Cn1cccc1CN1CCC2(CCCN(Cc3ccccn3)C2)C1.O=C(O)C(F)(F)F.O=C(O)C(F)(F)F. The fourth-order valence-electron chi connectivity index (χ4n) is 4.55. The number of halogens is 6. The molecule has 212 valence electrons. The van der Waals surface area contributed by atoms with Crippen LogP contribution in [-0.2, 0) is 29.7 Å². The number of carboxylic acid groups (broad SMARTS) is 2. The molecular formula is C24H30F6N4O4. The Balaban J connectivity index is 0.000000301. The van der Waals surface area contributed by atoms with E-state index in [1.807, 2.05) is 12.3 Å². The zero-order chi connectivity index (χ0) is 28.6. The van der Waals surface area contributed by atoms with Crippen molar-refractivity contribution in [2.24, 2.45) is 12.5 Å². The number of carbonyl (C=O) groups is 2. The molecule has 2 aliphatic heterocycles. The zero-order valence-corrected chi connectivity index (χ0v) is 20.7. The van der Waals surface area contributed by atoms with Crippen molar-refractivity contribution in [1.29, 1.82) is 0 Å². The average Bonchev–Trinajstić information content (AvgIpc) is 3.40. The maximum atomic E-state index is 10.6. The molecule has 2 aromatic rings. The molecule has 0 bridgehead atoms. The Bertz CT molecular complexity index is 1020. The number of carboxylic acids is 2.